The Hall–Kier alpha value is -2.35. The zero-order valence-electron chi connectivity index (χ0n) is 16.8. The fourth-order valence-electron chi connectivity index (χ4n) is 3.93. The van der Waals surface area contributed by atoms with Gasteiger partial charge in [-0.15, -0.1) is 0 Å². The standard InChI is InChI=1S/C23H28F2N2O3/c24-17-9-5-15(6-10-17)22(16-7-11-18(25)12-8-16)30-14-19(28)13-27-21-4-2-1-3-20(21)23(26)29/h5-12,19-22,27-28H,1-4,13-14H2,(H2,26,29). The summed E-state index contributed by atoms with van der Waals surface area (Å²) in [7, 11) is 0. The molecule has 0 heterocycles. The van der Waals surface area contributed by atoms with E-state index in [9.17, 15) is 18.7 Å². The summed E-state index contributed by atoms with van der Waals surface area (Å²) in [4.78, 5) is 11.6. The number of ether oxygens (including phenoxy) is 1. The van der Waals surface area contributed by atoms with E-state index in [1.807, 2.05) is 0 Å². The van der Waals surface area contributed by atoms with Crippen LogP contribution in [0.25, 0.3) is 0 Å². The molecule has 0 spiro atoms. The van der Waals surface area contributed by atoms with Crippen LogP contribution in [0.5, 0.6) is 0 Å². The minimum absolute atomic E-state index is 0.0143. The molecule has 1 aliphatic carbocycles. The molecule has 5 nitrogen and oxygen atoms in total. The van der Waals surface area contributed by atoms with Crippen molar-refractivity contribution in [3.8, 4) is 0 Å². The molecule has 30 heavy (non-hydrogen) atoms. The highest BCUT2D eigenvalue weighted by Crippen LogP contribution is 2.27. The molecular weight excluding hydrogens is 390 g/mol. The van der Waals surface area contributed by atoms with Gasteiger partial charge < -0.3 is 20.9 Å². The van der Waals surface area contributed by atoms with E-state index in [2.05, 4.69) is 5.32 Å². The van der Waals surface area contributed by atoms with E-state index in [1.54, 1.807) is 24.3 Å². The summed E-state index contributed by atoms with van der Waals surface area (Å²) in [5, 5.41) is 13.7. The summed E-state index contributed by atoms with van der Waals surface area (Å²) in [5.74, 6) is -1.27. The second-order valence-corrected chi connectivity index (χ2v) is 7.78. The van der Waals surface area contributed by atoms with E-state index in [0.717, 1.165) is 25.7 Å². The van der Waals surface area contributed by atoms with E-state index < -0.39 is 12.2 Å². The molecular formula is C23H28F2N2O3. The zero-order valence-corrected chi connectivity index (χ0v) is 16.8. The highest BCUT2D eigenvalue weighted by atomic mass is 19.1. The van der Waals surface area contributed by atoms with Crippen LogP contribution in [0.2, 0.25) is 0 Å². The molecule has 1 amide bonds. The van der Waals surface area contributed by atoms with Gasteiger partial charge >= 0.3 is 0 Å². The number of benzene rings is 2. The largest absolute Gasteiger partial charge is 0.389 e. The predicted octanol–water partition coefficient (Wildman–Crippen LogP) is 3.07. The lowest BCUT2D eigenvalue weighted by molar-refractivity contribution is -0.123. The molecule has 1 fully saturated rings. The Morgan fingerprint density at radius 3 is 2.10 bits per heavy atom. The van der Waals surface area contributed by atoms with E-state index in [1.165, 1.54) is 24.3 Å². The summed E-state index contributed by atoms with van der Waals surface area (Å²) in [6.07, 6.45) is 2.21. The van der Waals surface area contributed by atoms with Gasteiger partial charge in [0.1, 0.15) is 17.7 Å². The first-order chi connectivity index (χ1) is 14.4. The molecule has 3 atom stereocenters. The van der Waals surface area contributed by atoms with Gasteiger partial charge in [0.2, 0.25) is 5.91 Å². The van der Waals surface area contributed by atoms with Crippen LogP contribution in [0.1, 0.15) is 42.9 Å². The number of nitrogens with two attached hydrogens (primary N) is 1. The van der Waals surface area contributed by atoms with Gasteiger partial charge in [-0.05, 0) is 48.2 Å². The number of carbonyl (C=O) groups excluding carboxylic acids is 1. The van der Waals surface area contributed by atoms with Crippen molar-refractivity contribution in [3.63, 3.8) is 0 Å². The third-order valence-electron chi connectivity index (χ3n) is 5.55. The number of hydrogen-bond acceptors (Lipinski definition) is 4. The smallest absolute Gasteiger partial charge is 0.222 e. The van der Waals surface area contributed by atoms with E-state index in [4.69, 9.17) is 10.5 Å². The second kappa shape index (κ2) is 10.6. The molecule has 2 aromatic carbocycles. The maximum atomic E-state index is 13.3. The molecule has 0 saturated heterocycles. The van der Waals surface area contributed by atoms with Crippen LogP contribution in [0, 0.1) is 17.6 Å². The highest BCUT2D eigenvalue weighted by Gasteiger charge is 2.29. The van der Waals surface area contributed by atoms with Crippen molar-refractivity contribution in [1.29, 1.82) is 0 Å². The van der Waals surface area contributed by atoms with Gasteiger partial charge in [0.15, 0.2) is 0 Å². The number of primary amides is 1. The Kier molecular flexibility index (Phi) is 7.90. The fraction of sp³-hybridized carbons (Fsp3) is 0.435. The number of aliphatic hydroxyl groups is 1. The molecule has 0 aliphatic heterocycles. The van der Waals surface area contributed by atoms with Crippen LogP contribution in [0.3, 0.4) is 0 Å². The molecule has 7 heteroatoms. The van der Waals surface area contributed by atoms with Gasteiger partial charge in [-0.1, -0.05) is 37.1 Å². The van der Waals surface area contributed by atoms with Crippen molar-refractivity contribution in [2.75, 3.05) is 13.2 Å². The summed E-state index contributed by atoms with van der Waals surface area (Å²) in [6, 6.07) is 11.7. The second-order valence-electron chi connectivity index (χ2n) is 7.78. The molecule has 162 valence electrons. The van der Waals surface area contributed by atoms with Crippen LogP contribution in [-0.2, 0) is 9.53 Å². The molecule has 2 aromatic rings. The molecule has 3 rings (SSSR count). The van der Waals surface area contributed by atoms with Crippen molar-refractivity contribution in [2.24, 2.45) is 11.7 Å². The van der Waals surface area contributed by atoms with Gasteiger partial charge in [0.05, 0.1) is 18.6 Å². The Bertz CT molecular complexity index is 769. The molecule has 0 bridgehead atoms. The number of rotatable bonds is 9. The maximum absolute atomic E-state index is 13.3. The molecule has 0 radical (unpaired) electrons. The lowest BCUT2D eigenvalue weighted by atomic mass is 9.84. The van der Waals surface area contributed by atoms with Crippen LogP contribution < -0.4 is 11.1 Å². The van der Waals surface area contributed by atoms with Crippen molar-refractivity contribution in [2.45, 2.75) is 43.9 Å². The van der Waals surface area contributed by atoms with E-state index in [-0.39, 0.29) is 42.7 Å². The Morgan fingerprint density at radius 1 is 1.03 bits per heavy atom. The minimum Gasteiger partial charge on any atom is -0.389 e. The van der Waals surface area contributed by atoms with Crippen LogP contribution in [0.15, 0.2) is 48.5 Å². The number of carbonyl (C=O) groups is 1. The first-order valence-electron chi connectivity index (χ1n) is 10.3. The lowest BCUT2D eigenvalue weighted by Gasteiger charge is -2.31. The van der Waals surface area contributed by atoms with E-state index in [0.29, 0.717) is 11.1 Å². The molecule has 0 aromatic heterocycles. The van der Waals surface area contributed by atoms with Gasteiger partial charge in [-0.25, -0.2) is 8.78 Å². The molecule has 3 unspecified atom stereocenters. The third kappa shape index (κ3) is 6.08. The van der Waals surface area contributed by atoms with Crippen LogP contribution >= 0.6 is 0 Å². The van der Waals surface area contributed by atoms with Crippen LogP contribution in [0.4, 0.5) is 8.78 Å². The number of amides is 1. The Balaban J connectivity index is 1.61. The van der Waals surface area contributed by atoms with Gasteiger partial charge in [0.25, 0.3) is 0 Å². The number of nitrogens with one attached hydrogen (secondary N) is 1. The molecule has 1 saturated carbocycles. The lowest BCUT2D eigenvalue weighted by Crippen LogP contribution is -2.47. The summed E-state index contributed by atoms with van der Waals surface area (Å²) in [5.41, 5.74) is 6.89. The Labute approximate surface area is 175 Å². The monoisotopic (exact) mass is 418 g/mol. The normalized spacial score (nSPS) is 20.3. The van der Waals surface area contributed by atoms with Crippen molar-refractivity contribution in [1.82, 2.24) is 5.32 Å². The summed E-state index contributed by atoms with van der Waals surface area (Å²) in [6.45, 7) is 0.272. The average molecular weight is 418 g/mol. The summed E-state index contributed by atoms with van der Waals surface area (Å²) < 4.78 is 32.6. The van der Waals surface area contributed by atoms with Crippen molar-refractivity contribution < 1.29 is 23.4 Å². The first kappa shape index (κ1) is 22.3. The quantitative estimate of drug-likeness (QED) is 0.584. The van der Waals surface area contributed by atoms with Crippen molar-refractivity contribution >= 4 is 5.91 Å². The van der Waals surface area contributed by atoms with Gasteiger partial charge in [-0.3, -0.25) is 4.79 Å². The van der Waals surface area contributed by atoms with Gasteiger partial charge in [0, 0.05) is 12.6 Å². The number of aliphatic hydroxyl groups excluding tert-OH is 1. The topological polar surface area (TPSA) is 84.6 Å². The maximum Gasteiger partial charge on any atom is 0.222 e. The average Bonchev–Trinajstić information content (AvgIpc) is 2.75. The molecule has 4 N–H and O–H groups in total. The summed E-state index contributed by atoms with van der Waals surface area (Å²) >= 11 is 0. The predicted molar refractivity (Wildman–Crippen MR) is 110 cm³/mol. The SMILES string of the molecule is NC(=O)C1CCCCC1NCC(O)COC(c1ccc(F)cc1)c1ccc(F)cc1. The highest BCUT2D eigenvalue weighted by molar-refractivity contribution is 5.77. The Morgan fingerprint density at radius 2 is 1.57 bits per heavy atom. The zero-order chi connectivity index (χ0) is 21.5. The minimum atomic E-state index is -0.816. The first-order valence-corrected chi connectivity index (χ1v) is 10.3. The third-order valence-corrected chi connectivity index (χ3v) is 5.55. The fourth-order valence-corrected chi connectivity index (χ4v) is 3.93. The van der Waals surface area contributed by atoms with Crippen molar-refractivity contribution in [3.05, 3.63) is 71.3 Å². The number of halogens is 2. The van der Waals surface area contributed by atoms with Gasteiger partial charge in [-0.2, -0.15) is 0 Å². The van der Waals surface area contributed by atoms with Crippen LogP contribution in [-0.4, -0.2) is 36.3 Å². The number of hydrogen-bond donors (Lipinski definition) is 3. The molecule has 1 aliphatic rings. The van der Waals surface area contributed by atoms with E-state index >= 15 is 0 Å².